The average molecular weight is 425 g/mol. The number of hydrogen-bond donors (Lipinski definition) is 1. The highest BCUT2D eigenvalue weighted by molar-refractivity contribution is 8.15. The number of thioether (sulfide) groups is 2. The molecule has 1 saturated heterocycles. The van der Waals surface area contributed by atoms with Gasteiger partial charge in [0.1, 0.15) is 0 Å². The third kappa shape index (κ3) is 5.98. The van der Waals surface area contributed by atoms with Crippen molar-refractivity contribution in [2.75, 3.05) is 49.5 Å². The fourth-order valence-corrected chi connectivity index (χ4v) is 4.06. The molecule has 0 spiro atoms. The summed E-state index contributed by atoms with van der Waals surface area (Å²) in [6, 6.07) is 5.50. The van der Waals surface area contributed by atoms with Crippen molar-refractivity contribution in [1.29, 1.82) is 0 Å². The second-order valence-corrected chi connectivity index (χ2v) is 8.31. The van der Waals surface area contributed by atoms with E-state index in [9.17, 15) is 14.4 Å². The number of anilines is 2. The Morgan fingerprint density at radius 2 is 2.14 bits per heavy atom. The molecule has 0 unspecified atom stereocenters. The van der Waals surface area contributed by atoms with Gasteiger partial charge in [-0.3, -0.25) is 14.5 Å². The molecule has 1 N–H and O–H groups in total. The van der Waals surface area contributed by atoms with E-state index in [4.69, 9.17) is 0 Å². The van der Waals surface area contributed by atoms with Crippen LogP contribution in [0.2, 0.25) is 0 Å². The van der Waals surface area contributed by atoms with Crippen LogP contribution >= 0.6 is 23.5 Å². The van der Waals surface area contributed by atoms with Crippen LogP contribution in [0, 0.1) is 0 Å². The monoisotopic (exact) mass is 424 g/mol. The van der Waals surface area contributed by atoms with Crippen LogP contribution in [0.3, 0.4) is 0 Å². The molecule has 0 aliphatic carbocycles. The van der Waals surface area contributed by atoms with E-state index in [1.165, 1.54) is 12.0 Å². The van der Waals surface area contributed by atoms with Crippen molar-refractivity contribution in [1.82, 2.24) is 4.90 Å². The maximum atomic E-state index is 12.5. The van der Waals surface area contributed by atoms with E-state index in [0.29, 0.717) is 11.4 Å². The molecule has 3 amide bonds. The molecule has 1 fully saturated rings. The number of benzene rings is 1. The number of methoxy groups -OCH3 is 1. The number of aliphatic imine (C=N–C) groups is 1. The van der Waals surface area contributed by atoms with Gasteiger partial charge >= 0.3 is 6.09 Å². The second-order valence-electron chi connectivity index (χ2n) is 6.20. The van der Waals surface area contributed by atoms with Gasteiger partial charge in [-0.15, -0.1) is 11.8 Å². The van der Waals surface area contributed by atoms with Gasteiger partial charge in [0, 0.05) is 4.90 Å². The number of hydrogen-bond acceptors (Lipinski definition) is 7. The van der Waals surface area contributed by atoms with E-state index >= 15 is 0 Å². The molecular formula is C18H24N4O4S2. The van der Waals surface area contributed by atoms with Gasteiger partial charge in [-0.1, -0.05) is 18.7 Å². The molecule has 1 aliphatic heterocycles. The van der Waals surface area contributed by atoms with Crippen molar-refractivity contribution < 1.29 is 19.1 Å². The molecule has 10 heteroatoms. The zero-order valence-corrected chi connectivity index (χ0v) is 18.0. The molecular weight excluding hydrogens is 400 g/mol. The summed E-state index contributed by atoms with van der Waals surface area (Å²) in [5.74, 6) is 0.685. The molecule has 0 radical (unpaired) electrons. The van der Waals surface area contributed by atoms with Crippen LogP contribution in [-0.4, -0.2) is 67.2 Å². The second kappa shape index (κ2) is 10.5. The van der Waals surface area contributed by atoms with Crippen molar-refractivity contribution in [3.8, 4) is 0 Å². The van der Waals surface area contributed by atoms with Gasteiger partial charge in [-0.2, -0.15) is 4.99 Å². The first kappa shape index (κ1) is 22.3. The first-order chi connectivity index (χ1) is 13.3. The van der Waals surface area contributed by atoms with Crippen LogP contribution in [0.1, 0.15) is 13.3 Å². The number of carbonyl (C=O) groups is 3. The standard InChI is InChI=1S/C18H24N4O4S2/c1-5-8-27-12-6-7-14(13(9-12)19-15(23)10-21(2)3)22-16(24)11-28-17(22)20-18(25)26-4/h6-7,9H,5,8,10-11H2,1-4H3,(H,19,23)/b20-17-. The maximum Gasteiger partial charge on any atom is 0.435 e. The first-order valence-electron chi connectivity index (χ1n) is 8.69. The Hall–Kier alpha value is -2.04. The highest BCUT2D eigenvalue weighted by atomic mass is 32.2. The molecule has 1 aromatic rings. The lowest BCUT2D eigenvalue weighted by molar-refractivity contribution is -0.117. The molecule has 1 aliphatic rings. The number of likely N-dealkylation sites (N-methyl/N-ethyl adjacent to an activating group) is 1. The number of carbonyl (C=O) groups excluding carboxylic acids is 3. The van der Waals surface area contributed by atoms with E-state index in [1.807, 2.05) is 12.1 Å². The van der Waals surface area contributed by atoms with Gasteiger partial charge in [0.2, 0.25) is 11.8 Å². The Bertz CT molecular complexity index is 783. The summed E-state index contributed by atoms with van der Waals surface area (Å²) in [6.45, 7) is 2.30. The number of amidine groups is 1. The predicted octanol–water partition coefficient (Wildman–Crippen LogP) is 2.89. The van der Waals surface area contributed by atoms with Crippen LogP contribution in [0.4, 0.5) is 16.2 Å². The summed E-state index contributed by atoms with van der Waals surface area (Å²) < 4.78 is 4.58. The summed E-state index contributed by atoms with van der Waals surface area (Å²) in [5.41, 5.74) is 0.979. The van der Waals surface area contributed by atoms with Gasteiger partial charge in [-0.25, -0.2) is 4.79 Å². The molecule has 0 atom stereocenters. The minimum atomic E-state index is -0.782. The van der Waals surface area contributed by atoms with Crippen molar-refractivity contribution in [2.45, 2.75) is 18.2 Å². The highest BCUT2D eigenvalue weighted by Crippen LogP contribution is 2.36. The largest absolute Gasteiger partial charge is 0.451 e. The summed E-state index contributed by atoms with van der Waals surface area (Å²) >= 11 is 2.82. The predicted molar refractivity (Wildman–Crippen MR) is 114 cm³/mol. The maximum absolute atomic E-state index is 12.5. The third-order valence-electron chi connectivity index (χ3n) is 3.54. The summed E-state index contributed by atoms with van der Waals surface area (Å²) in [7, 11) is 4.83. The van der Waals surface area contributed by atoms with Crippen molar-refractivity contribution in [2.24, 2.45) is 4.99 Å². The minimum absolute atomic E-state index is 0.160. The summed E-state index contributed by atoms with van der Waals surface area (Å²) in [4.78, 5) is 44.3. The number of ether oxygens (including phenoxy) is 1. The Morgan fingerprint density at radius 1 is 1.39 bits per heavy atom. The molecule has 2 rings (SSSR count). The first-order valence-corrected chi connectivity index (χ1v) is 10.7. The minimum Gasteiger partial charge on any atom is -0.451 e. The third-order valence-corrected chi connectivity index (χ3v) is 5.67. The van der Waals surface area contributed by atoms with E-state index in [-0.39, 0.29) is 29.3 Å². The van der Waals surface area contributed by atoms with Gasteiger partial charge in [0.25, 0.3) is 0 Å². The Labute approximate surface area is 173 Å². The van der Waals surface area contributed by atoms with Crippen molar-refractivity contribution in [3.63, 3.8) is 0 Å². The van der Waals surface area contributed by atoms with E-state index in [2.05, 4.69) is 22.0 Å². The average Bonchev–Trinajstić information content (AvgIpc) is 2.99. The van der Waals surface area contributed by atoms with E-state index in [1.54, 1.807) is 36.8 Å². The topological polar surface area (TPSA) is 91.3 Å². The SMILES string of the molecule is CCCSc1ccc(N2C(=O)CS/C2=N\C(=O)OC)c(NC(=O)CN(C)C)c1. The fraction of sp³-hybridized carbons (Fsp3) is 0.444. The Balaban J connectivity index is 2.42. The normalized spacial score (nSPS) is 15.4. The fourth-order valence-electron chi connectivity index (χ4n) is 2.40. The molecule has 0 aromatic heterocycles. The zero-order valence-electron chi connectivity index (χ0n) is 16.4. The lowest BCUT2D eigenvalue weighted by Crippen LogP contribution is -2.32. The lowest BCUT2D eigenvalue weighted by Gasteiger charge is -2.21. The van der Waals surface area contributed by atoms with Crippen LogP contribution in [0.5, 0.6) is 0 Å². The molecule has 1 aromatic carbocycles. The van der Waals surface area contributed by atoms with Gasteiger partial charge < -0.3 is 15.0 Å². The van der Waals surface area contributed by atoms with Crippen LogP contribution in [-0.2, 0) is 14.3 Å². The van der Waals surface area contributed by atoms with Gasteiger partial charge in [0.05, 0.1) is 30.8 Å². The molecule has 152 valence electrons. The smallest absolute Gasteiger partial charge is 0.435 e. The molecule has 8 nitrogen and oxygen atoms in total. The number of rotatable bonds is 7. The van der Waals surface area contributed by atoms with Gasteiger partial charge in [0.15, 0.2) is 5.17 Å². The number of nitrogens with one attached hydrogen (secondary N) is 1. The Morgan fingerprint density at radius 3 is 2.79 bits per heavy atom. The molecule has 0 saturated carbocycles. The summed E-state index contributed by atoms with van der Waals surface area (Å²) in [6.07, 6.45) is 0.238. The molecule has 1 heterocycles. The molecule has 0 bridgehead atoms. The number of nitrogens with zero attached hydrogens (tertiary/aromatic N) is 3. The summed E-state index contributed by atoms with van der Waals surface area (Å²) in [5, 5.41) is 3.11. The van der Waals surface area contributed by atoms with Crippen molar-refractivity contribution >= 4 is 58.0 Å². The zero-order chi connectivity index (χ0) is 20.7. The van der Waals surface area contributed by atoms with Gasteiger partial charge in [-0.05, 0) is 44.5 Å². The van der Waals surface area contributed by atoms with Crippen molar-refractivity contribution in [3.05, 3.63) is 18.2 Å². The van der Waals surface area contributed by atoms with E-state index < -0.39 is 6.09 Å². The van der Waals surface area contributed by atoms with Crippen LogP contribution in [0.15, 0.2) is 28.1 Å². The molecule has 28 heavy (non-hydrogen) atoms. The van der Waals surface area contributed by atoms with Crippen LogP contribution < -0.4 is 10.2 Å². The van der Waals surface area contributed by atoms with E-state index in [0.717, 1.165) is 28.8 Å². The van der Waals surface area contributed by atoms with Crippen LogP contribution in [0.25, 0.3) is 0 Å². The highest BCUT2D eigenvalue weighted by Gasteiger charge is 2.32. The quantitative estimate of drug-likeness (QED) is 0.673. The lowest BCUT2D eigenvalue weighted by atomic mass is 10.2. The Kier molecular flexibility index (Phi) is 8.34. The number of amides is 3.